The van der Waals surface area contributed by atoms with Crippen LogP contribution in [-0.2, 0) is 6.54 Å². The molecule has 2 amide bonds. The zero-order valence-electron chi connectivity index (χ0n) is 15.0. The molecule has 0 spiro atoms. The Bertz CT molecular complexity index is 698. The lowest BCUT2D eigenvalue weighted by Gasteiger charge is -2.25. The van der Waals surface area contributed by atoms with Crippen LogP contribution in [0.4, 0.5) is 10.6 Å². The second-order valence-electron chi connectivity index (χ2n) is 6.57. The van der Waals surface area contributed by atoms with E-state index in [1.807, 2.05) is 56.6 Å². The van der Waals surface area contributed by atoms with E-state index in [-0.39, 0.29) is 12.1 Å². The second-order valence-corrected chi connectivity index (χ2v) is 6.57. The lowest BCUT2D eigenvalue weighted by Crippen LogP contribution is -2.38. The number of aromatic nitrogens is 1. The largest absolute Gasteiger partial charge is 0.357 e. The van der Waals surface area contributed by atoms with Crippen LogP contribution in [0.3, 0.4) is 0 Å². The van der Waals surface area contributed by atoms with Crippen molar-refractivity contribution >= 4 is 11.8 Å². The topological polar surface area (TPSA) is 48.5 Å². The quantitative estimate of drug-likeness (QED) is 0.906. The highest BCUT2D eigenvalue weighted by molar-refractivity contribution is 5.74. The third kappa shape index (κ3) is 4.29. The van der Waals surface area contributed by atoms with E-state index in [1.54, 1.807) is 4.90 Å². The fourth-order valence-electron chi connectivity index (χ4n) is 3.12. The Hall–Kier alpha value is -2.56. The number of anilines is 1. The van der Waals surface area contributed by atoms with E-state index >= 15 is 0 Å². The summed E-state index contributed by atoms with van der Waals surface area (Å²) in [6.45, 7) is 4.68. The van der Waals surface area contributed by atoms with Crippen LogP contribution in [-0.4, -0.2) is 36.1 Å². The molecule has 0 aliphatic carbocycles. The number of carbonyl (C=O) groups is 1. The molecule has 2 heterocycles. The molecule has 5 heteroatoms. The van der Waals surface area contributed by atoms with Crippen LogP contribution in [0.1, 0.15) is 36.9 Å². The molecule has 1 saturated heterocycles. The van der Waals surface area contributed by atoms with Crippen LogP contribution in [0.25, 0.3) is 0 Å². The van der Waals surface area contributed by atoms with Gasteiger partial charge in [-0.1, -0.05) is 30.3 Å². The van der Waals surface area contributed by atoms with Crippen LogP contribution in [0.15, 0.2) is 48.7 Å². The Kier molecular flexibility index (Phi) is 5.53. The van der Waals surface area contributed by atoms with Crippen molar-refractivity contribution in [1.82, 2.24) is 15.2 Å². The molecule has 1 aliphatic rings. The fraction of sp³-hybridized carbons (Fsp3) is 0.400. The van der Waals surface area contributed by atoms with Crippen molar-refractivity contribution in [2.24, 2.45) is 0 Å². The third-order valence-corrected chi connectivity index (χ3v) is 4.87. The van der Waals surface area contributed by atoms with Gasteiger partial charge in [0.25, 0.3) is 0 Å². The normalized spacial score (nSPS) is 15.0. The maximum Gasteiger partial charge on any atom is 0.317 e. The van der Waals surface area contributed by atoms with Gasteiger partial charge in [-0.2, -0.15) is 0 Å². The first-order valence-electron chi connectivity index (χ1n) is 8.90. The molecule has 25 heavy (non-hydrogen) atoms. The van der Waals surface area contributed by atoms with Crippen molar-refractivity contribution < 1.29 is 4.79 Å². The average molecular weight is 338 g/mol. The van der Waals surface area contributed by atoms with E-state index in [0.717, 1.165) is 30.0 Å². The first-order valence-corrected chi connectivity index (χ1v) is 8.90. The van der Waals surface area contributed by atoms with Gasteiger partial charge in [0.2, 0.25) is 0 Å². The van der Waals surface area contributed by atoms with Crippen LogP contribution >= 0.6 is 0 Å². The Morgan fingerprint density at radius 1 is 1.24 bits per heavy atom. The summed E-state index contributed by atoms with van der Waals surface area (Å²) in [4.78, 5) is 20.9. The number of rotatable bonds is 5. The molecule has 0 bridgehead atoms. The van der Waals surface area contributed by atoms with Gasteiger partial charge in [-0.3, -0.25) is 0 Å². The van der Waals surface area contributed by atoms with Gasteiger partial charge in [-0.25, -0.2) is 9.78 Å². The number of benzene rings is 1. The molecule has 0 radical (unpaired) electrons. The summed E-state index contributed by atoms with van der Waals surface area (Å²) in [5.74, 6) is 1.01. The first-order chi connectivity index (χ1) is 12.1. The molecule has 132 valence electrons. The van der Waals surface area contributed by atoms with Crippen molar-refractivity contribution in [3.05, 3.63) is 59.8 Å². The van der Waals surface area contributed by atoms with Gasteiger partial charge in [0, 0.05) is 32.9 Å². The summed E-state index contributed by atoms with van der Waals surface area (Å²) in [5, 5.41) is 3.01. The van der Waals surface area contributed by atoms with E-state index in [1.165, 1.54) is 12.8 Å². The SMILES string of the molecule is CC(c1ccccc1)N(C)C(=O)NCc1ccnc(N2CCCC2)c1. The molecular weight excluding hydrogens is 312 g/mol. The van der Waals surface area contributed by atoms with Crippen molar-refractivity contribution in [2.75, 3.05) is 25.0 Å². The predicted molar refractivity (Wildman–Crippen MR) is 101 cm³/mol. The van der Waals surface area contributed by atoms with Crippen LogP contribution < -0.4 is 10.2 Å². The molecule has 1 N–H and O–H groups in total. The van der Waals surface area contributed by atoms with Crippen LogP contribution in [0.5, 0.6) is 0 Å². The van der Waals surface area contributed by atoms with Gasteiger partial charge < -0.3 is 15.1 Å². The molecule has 1 aliphatic heterocycles. The minimum atomic E-state index is -0.0733. The fourth-order valence-corrected chi connectivity index (χ4v) is 3.12. The number of hydrogen-bond donors (Lipinski definition) is 1. The number of nitrogens with zero attached hydrogens (tertiary/aromatic N) is 3. The highest BCUT2D eigenvalue weighted by atomic mass is 16.2. The second kappa shape index (κ2) is 8.01. The Labute approximate surface area is 149 Å². The molecular formula is C20H26N4O. The van der Waals surface area contributed by atoms with Gasteiger partial charge in [-0.05, 0) is 43.0 Å². The summed E-state index contributed by atoms with van der Waals surface area (Å²) < 4.78 is 0. The Morgan fingerprint density at radius 3 is 2.68 bits per heavy atom. The summed E-state index contributed by atoms with van der Waals surface area (Å²) in [5.41, 5.74) is 2.20. The number of urea groups is 1. The molecule has 3 rings (SSSR count). The molecule has 1 aromatic carbocycles. The first kappa shape index (κ1) is 17.3. The van der Waals surface area contributed by atoms with Crippen LogP contribution in [0.2, 0.25) is 0 Å². The minimum absolute atomic E-state index is 0.0267. The lowest BCUT2D eigenvalue weighted by molar-refractivity contribution is 0.194. The van der Waals surface area contributed by atoms with Gasteiger partial charge in [0.15, 0.2) is 0 Å². The van der Waals surface area contributed by atoms with E-state index in [2.05, 4.69) is 21.3 Å². The molecule has 1 atom stereocenters. The van der Waals surface area contributed by atoms with Gasteiger partial charge in [-0.15, -0.1) is 0 Å². The van der Waals surface area contributed by atoms with E-state index in [9.17, 15) is 4.79 Å². The number of carbonyl (C=O) groups excluding carboxylic acids is 1. The molecule has 2 aromatic rings. The monoisotopic (exact) mass is 338 g/mol. The zero-order chi connectivity index (χ0) is 17.6. The van der Waals surface area contributed by atoms with Gasteiger partial charge in [0.1, 0.15) is 5.82 Å². The molecule has 1 unspecified atom stereocenters. The maximum atomic E-state index is 12.5. The minimum Gasteiger partial charge on any atom is -0.357 e. The highest BCUT2D eigenvalue weighted by Crippen LogP contribution is 2.20. The van der Waals surface area contributed by atoms with Crippen molar-refractivity contribution in [1.29, 1.82) is 0 Å². The van der Waals surface area contributed by atoms with Gasteiger partial charge >= 0.3 is 6.03 Å². The molecule has 1 fully saturated rings. The van der Waals surface area contributed by atoms with Crippen LogP contribution in [0, 0.1) is 0 Å². The molecule has 1 aromatic heterocycles. The number of amides is 2. The number of hydrogen-bond acceptors (Lipinski definition) is 3. The van der Waals surface area contributed by atoms with E-state index < -0.39 is 0 Å². The summed E-state index contributed by atoms with van der Waals surface area (Å²) in [6.07, 6.45) is 4.28. The van der Waals surface area contributed by atoms with Crippen molar-refractivity contribution in [3.8, 4) is 0 Å². The highest BCUT2D eigenvalue weighted by Gasteiger charge is 2.17. The van der Waals surface area contributed by atoms with E-state index in [0.29, 0.717) is 6.54 Å². The lowest BCUT2D eigenvalue weighted by atomic mass is 10.1. The third-order valence-electron chi connectivity index (χ3n) is 4.87. The average Bonchev–Trinajstić information content (AvgIpc) is 3.20. The Morgan fingerprint density at radius 2 is 1.96 bits per heavy atom. The molecule has 0 saturated carbocycles. The molecule has 5 nitrogen and oxygen atoms in total. The number of nitrogens with one attached hydrogen (secondary N) is 1. The van der Waals surface area contributed by atoms with Gasteiger partial charge in [0.05, 0.1) is 6.04 Å². The number of pyridine rings is 1. The summed E-state index contributed by atoms with van der Waals surface area (Å²) in [7, 11) is 1.83. The summed E-state index contributed by atoms with van der Waals surface area (Å²) in [6, 6.07) is 14.0. The predicted octanol–water partition coefficient (Wildman–Crippen LogP) is 3.58. The van der Waals surface area contributed by atoms with Crippen molar-refractivity contribution in [2.45, 2.75) is 32.4 Å². The Balaban J connectivity index is 1.57. The standard InChI is InChI=1S/C20H26N4O/c1-16(18-8-4-3-5-9-18)23(2)20(25)22-15-17-10-11-21-19(14-17)24-12-6-7-13-24/h3-5,8-11,14,16H,6-7,12-13,15H2,1-2H3,(H,22,25). The smallest absolute Gasteiger partial charge is 0.317 e. The maximum absolute atomic E-state index is 12.5. The zero-order valence-corrected chi connectivity index (χ0v) is 15.0. The summed E-state index contributed by atoms with van der Waals surface area (Å²) >= 11 is 0. The van der Waals surface area contributed by atoms with E-state index in [4.69, 9.17) is 0 Å². The van der Waals surface area contributed by atoms with Crippen molar-refractivity contribution in [3.63, 3.8) is 0 Å².